The number of benzene rings is 1. The van der Waals surface area contributed by atoms with Gasteiger partial charge in [-0.15, -0.1) is 11.3 Å². The fourth-order valence-corrected chi connectivity index (χ4v) is 5.20. The Kier molecular flexibility index (Phi) is 3.99. The molecule has 118 valence electrons. The van der Waals surface area contributed by atoms with Crippen molar-refractivity contribution < 1.29 is 0 Å². The molecule has 0 atom stereocenters. The quantitative estimate of drug-likeness (QED) is 0.572. The van der Waals surface area contributed by atoms with Crippen LogP contribution in [0.1, 0.15) is 28.8 Å². The number of hydrogen-bond donors (Lipinski definition) is 1. The first-order valence-electron chi connectivity index (χ1n) is 7.95. The van der Waals surface area contributed by atoms with Crippen molar-refractivity contribution in [3.8, 4) is 0 Å². The lowest BCUT2D eigenvalue weighted by atomic mass is 9.97. The van der Waals surface area contributed by atoms with Crippen LogP contribution in [-0.2, 0) is 19.4 Å². The Bertz CT molecular complexity index is 909. The number of nitrogens with zero attached hydrogens (tertiary/aromatic N) is 2. The minimum Gasteiger partial charge on any atom is -0.301 e. The van der Waals surface area contributed by atoms with Crippen LogP contribution in [0.2, 0.25) is 0 Å². The van der Waals surface area contributed by atoms with Crippen LogP contribution in [0.5, 0.6) is 0 Å². The van der Waals surface area contributed by atoms with E-state index in [1.54, 1.807) is 23.1 Å². The number of fused-ring (bicyclic) bond motifs is 3. The Hall–Kier alpha value is -1.59. The van der Waals surface area contributed by atoms with Crippen molar-refractivity contribution in [2.24, 2.45) is 0 Å². The SMILES string of the molecule is CSc1nc2sc3c(c2c(=N)n1Cc1ccccc1)CCCC3. The van der Waals surface area contributed by atoms with E-state index < -0.39 is 0 Å². The van der Waals surface area contributed by atoms with Crippen LogP contribution in [-0.4, -0.2) is 15.8 Å². The summed E-state index contributed by atoms with van der Waals surface area (Å²) >= 11 is 3.43. The number of rotatable bonds is 3. The topological polar surface area (TPSA) is 41.7 Å². The molecule has 2 aromatic heterocycles. The van der Waals surface area contributed by atoms with Crippen LogP contribution >= 0.6 is 23.1 Å². The number of nitrogens with one attached hydrogen (secondary N) is 1. The zero-order chi connectivity index (χ0) is 15.8. The second kappa shape index (κ2) is 6.13. The van der Waals surface area contributed by atoms with Gasteiger partial charge in [0.1, 0.15) is 10.3 Å². The third kappa shape index (κ3) is 2.62. The predicted molar refractivity (Wildman–Crippen MR) is 97.4 cm³/mol. The second-order valence-corrected chi connectivity index (χ2v) is 7.77. The highest BCUT2D eigenvalue weighted by molar-refractivity contribution is 7.98. The van der Waals surface area contributed by atoms with Gasteiger partial charge >= 0.3 is 0 Å². The minimum atomic E-state index is 0.627. The Morgan fingerprint density at radius 1 is 1.22 bits per heavy atom. The van der Waals surface area contributed by atoms with E-state index in [1.165, 1.54) is 28.8 Å². The average molecular weight is 342 g/mol. The first-order valence-corrected chi connectivity index (χ1v) is 9.99. The fourth-order valence-electron chi connectivity index (χ4n) is 3.32. The Balaban J connectivity index is 1.92. The van der Waals surface area contributed by atoms with Crippen LogP contribution in [0, 0.1) is 5.41 Å². The summed E-state index contributed by atoms with van der Waals surface area (Å²) in [5.74, 6) is 0. The molecule has 0 unspecified atom stereocenters. The van der Waals surface area contributed by atoms with E-state index in [0.717, 1.165) is 28.2 Å². The standard InChI is InChI=1S/C18H19N3S2/c1-22-18-20-17-15(13-9-5-6-10-14(13)23-17)16(19)21(18)11-12-7-3-2-4-8-12/h2-4,7-8,19H,5-6,9-11H2,1H3. The molecule has 0 fully saturated rings. The first-order chi connectivity index (χ1) is 11.3. The lowest BCUT2D eigenvalue weighted by molar-refractivity contribution is 0.638. The summed E-state index contributed by atoms with van der Waals surface area (Å²) in [5.41, 5.74) is 3.23. The molecule has 4 rings (SSSR count). The molecule has 3 nitrogen and oxygen atoms in total. The molecular formula is C18H19N3S2. The van der Waals surface area contributed by atoms with Crippen molar-refractivity contribution >= 4 is 33.3 Å². The normalized spacial score (nSPS) is 14.1. The number of thiophene rings is 1. The van der Waals surface area contributed by atoms with Gasteiger partial charge in [0, 0.05) is 4.88 Å². The highest BCUT2D eigenvalue weighted by Crippen LogP contribution is 2.34. The van der Waals surface area contributed by atoms with E-state index in [1.807, 2.05) is 12.3 Å². The van der Waals surface area contributed by atoms with Crippen LogP contribution < -0.4 is 5.49 Å². The Morgan fingerprint density at radius 3 is 2.78 bits per heavy atom. The summed E-state index contributed by atoms with van der Waals surface area (Å²) in [4.78, 5) is 7.39. The van der Waals surface area contributed by atoms with E-state index in [-0.39, 0.29) is 0 Å². The predicted octanol–water partition coefficient (Wildman–Crippen LogP) is 4.23. The first kappa shape index (κ1) is 15.0. The number of aromatic nitrogens is 2. The molecule has 0 saturated heterocycles. The second-order valence-electron chi connectivity index (χ2n) is 5.91. The molecule has 0 spiro atoms. The smallest absolute Gasteiger partial charge is 0.171 e. The van der Waals surface area contributed by atoms with E-state index >= 15 is 0 Å². The van der Waals surface area contributed by atoms with Crippen molar-refractivity contribution in [3.63, 3.8) is 0 Å². The molecule has 0 saturated carbocycles. The maximum Gasteiger partial charge on any atom is 0.171 e. The van der Waals surface area contributed by atoms with Gasteiger partial charge in [-0.1, -0.05) is 42.1 Å². The summed E-state index contributed by atoms with van der Waals surface area (Å²) in [6, 6.07) is 10.4. The third-order valence-corrected chi connectivity index (χ3v) is 6.32. The van der Waals surface area contributed by atoms with Gasteiger partial charge in [-0.3, -0.25) is 5.41 Å². The van der Waals surface area contributed by atoms with Crippen LogP contribution in [0.3, 0.4) is 0 Å². The van der Waals surface area contributed by atoms with E-state index in [2.05, 4.69) is 28.8 Å². The fraction of sp³-hybridized carbons (Fsp3) is 0.333. The molecule has 5 heteroatoms. The van der Waals surface area contributed by atoms with Crippen LogP contribution in [0.25, 0.3) is 10.2 Å². The molecule has 1 aromatic carbocycles. The zero-order valence-electron chi connectivity index (χ0n) is 13.1. The summed E-state index contributed by atoms with van der Waals surface area (Å²) in [6.45, 7) is 0.712. The molecule has 1 aliphatic rings. The molecule has 23 heavy (non-hydrogen) atoms. The van der Waals surface area contributed by atoms with E-state index in [4.69, 9.17) is 10.4 Å². The molecule has 1 N–H and O–H groups in total. The summed E-state index contributed by atoms with van der Waals surface area (Å²) < 4.78 is 2.06. The number of thioether (sulfide) groups is 1. The molecule has 0 radical (unpaired) electrons. The van der Waals surface area contributed by atoms with Gasteiger partial charge in [0.25, 0.3) is 0 Å². The lowest BCUT2D eigenvalue weighted by Gasteiger charge is -2.14. The zero-order valence-corrected chi connectivity index (χ0v) is 14.8. The van der Waals surface area contributed by atoms with E-state index in [9.17, 15) is 0 Å². The Labute approximate surface area is 143 Å². The largest absolute Gasteiger partial charge is 0.301 e. The van der Waals surface area contributed by atoms with Gasteiger partial charge < -0.3 is 4.57 Å². The summed E-state index contributed by atoms with van der Waals surface area (Å²) in [5, 5.41) is 10.8. The highest BCUT2D eigenvalue weighted by Gasteiger charge is 2.20. The molecule has 0 aliphatic heterocycles. The van der Waals surface area contributed by atoms with Gasteiger partial charge in [0.05, 0.1) is 11.9 Å². The molecule has 3 aromatic rings. The maximum absolute atomic E-state index is 8.81. The van der Waals surface area contributed by atoms with Crippen molar-refractivity contribution in [2.45, 2.75) is 37.4 Å². The van der Waals surface area contributed by atoms with Gasteiger partial charge in [-0.2, -0.15) is 0 Å². The minimum absolute atomic E-state index is 0.627. The van der Waals surface area contributed by atoms with Crippen molar-refractivity contribution in [3.05, 3.63) is 51.8 Å². The van der Waals surface area contributed by atoms with Gasteiger partial charge in [0.15, 0.2) is 5.16 Å². The van der Waals surface area contributed by atoms with E-state index in [0.29, 0.717) is 12.0 Å². The third-order valence-electron chi connectivity index (χ3n) is 4.45. The van der Waals surface area contributed by atoms with Crippen molar-refractivity contribution in [1.82, 2.24) is 9.55 Å². The lowest BCUT2D eigenvalue weighted by Crippen LogP contribution is -2.24. The average Bonchev–Trinajstić information content (AvgIpc) is 2.96. The van der Waals surface area contributed by atoms with Gasteiger partial charge in [-0.25, -0.2) is 4.98 Å². The van der Waals surface area contributed by atoms with Crippen molar-refractivity contribution in [2.75, 3.05) is 6.26 Å². The number of aryl methyl sites for hydroxylation is 2. The van der Waals surface area contributed by atoms with Crippen molar-refractivity contribution in [1.29, 1.82) is 5.41 Å². The number of hydrogen-bond acceptors (Lipinski definition) is 4. The van der Waals surface area contributed by atoms with Gasteiger partial charge in [-0.05, 0) is 43.1 Å². The summed E-state index contributed by atoms with van der Waals surface area (Å²) in [7, 11) is 0. The molecule has 0 amide bonds. The van der Waals surface area contributed by atoms with Crippen LogP contribution in [0.4, 0.5) is 0 Å². The molecule has 2 heterocycles. The molecule has 1 aliphatic carbocycles. The highest BCUT2D eigenvalue weighted by atomic mass is 32.2. The monoisotopic (exact) mass is 341 g/mol. The Morgan fingerprint density at radius 2 is 2.00 bits per heavy atom. The maximum atomic E-state index is 8.81. The molecule has 0 bridgehead atoms. The van der Waals surface area contributed by atoms with Gasteiger partial charge in [0.2, 0.25) is 0 Å². The molecular weight excluding hydrogens is 322 g/mol. The van der Waals surface area contributed by atoms with Crippen LogP contribution in [0.15, 0.2) is 35.5 Å². The summed E-state index contributed by atoms with van der Waals surface area (Å²) in [6.07, 6.45) is 6.81.